The zero-order valence-electron chi connectivity index (χ0n) is 10.8. The van der Waals surface area contributed by atoms with E-state index in [1.54, 1.807) is 17.5 Å². The van der Waals surface area contributed by atoms with Crippen LogP contribution in [0.5, 0.6) is 11.5 Å². The second-order valence-corrected chi connectivity index (χ2v) is 5.80. The number of benzene rings is 1. The van der Waals surface area contributed by atoms with Crippen LogP contribution in [-0.4, -0.2) is 21.2 Å². The van der Waals surface area contributed by atoms with Gasteiger partial charge in [-0.1, -0.05) is 11.3 Å². The van der Waals surface area contributed by atoms with Crippen LogP contribution in [0, 0.1) is 0 Å². The largest absolute Gasteiger partial charge is 0.454 e. The molecule has 0 amide bonds. The summed E-state index contributed by atoms with van der Waals surface area (Å²) in [5.74, 6) is 1.56. The fourth-order valence-electron chi connectivity index (χ4n) is 2.55. The van der Waals surface area contributed by atoms with Gasteiger partial charge in [-0.05, 0) is 24.3 Å². The summed E-state index contributed by atoms with van der Waals surface area (Å²) in [5.41, 5.74) is 3.08. The molecule has 4 heterocycles. The molecule has 1 aliphatic rings. The van der Waals surface area contributed by atoms with E-state index in [9.17, 15) is 0 Å². The predicted molar refractivity (Wildman–Crippen MR) is 79.9 cm³/mol. The average molecular weight is 295 g/mol. The standard InChI is InChI=1S/C15H9N3O2S/c1-2-12-13(20-8-19-12)5-9(1)10-7-18-11-3-4-16-6-14(11)21-15(18)17-10/h1-7H,8H2. The first-order chi connectivity index (χ1) is 10.4. The molecule has 102 valence electrons. The van der Waals surface area contributed by atoms with Crippen LogP contribution in [-0.2, 0) is 0 Å². The molecule has 21 heavy (non-hydrogen) atoms. The molecule has 0 atom stereocenters. The summed E-state index contributed by atoms with van der Waals surface area (Å²) in [6, 6.07) is 7.90. The van der Waals surface area contributed by atoms with Crippen molar-refractivity contribution in [2.45, 2.75) is 0 Å². The third-order valence-electron chi connectivity index (χ3n) is 3.57. The quantitative estimate of drug-likeness (QED) is 0.540. The van der Waals surface area contributed by atoms with E-state index >= 15 is 0 Å². The summed E-state index contributed by atoms with van der Waals surface area (Å²) >= 11 is 1.64. The second kappa shape index (κ2) is 3.95. The third kappa shape index (κ3) is 1.56. The molecule has 0 bridgehead atoms. The van der Waals surface area contributed by atoms with Crippen molar-refractivity contribution in [1.82, 2.24) is 14.4 Å². The van der Waals surface area contributed by atoms with Gasteiger partial charge in [0, 0.05) is 24.2 Å². The summed E-state index contributed by atoms with van der Waals surface area (Å²) < 4.78 is 14.0. The topological polar surface area (TPSA) is 48.7 Å². The van der Waals surface area contributed by atoms with Crippen LogP contribution in [0.1, 0.15) is 0 Å². The van der Waals surface area contributed by atoms with Gasteiger partial charge >= 0.3 is 0 Å². The maximum atomic E-state index is 5.42. The number of rotatable bonds is 1. The molecule has 0 spiro atoms. The van der Waals surface area contributed by atoms with Crippen molar-refractivity contribution < 1.29 is 9.47 Å². The zero-order valence-corrected chi connectivity index (χ0v) is 11.6. The van der Waals surface area contributed by atoms with Crippen molar-refractivity contribution in [3.05, 3.63) is 42.9 Å². The van der Waals surface area contributed by atoms with Gasteiger partial charge in [-0.3, -0.25) is 9.38 Å². The van der Waals surface area contributed by atoms with Crippen molar-refractivity contribution in [1.29, 1.82) is 0 Å². The highest BCUT2D eigenvalue weighted by Crippen LogP contribution is 2.36. The number of hydrogen-bond acceptors (Lipinski definition) is 5. The highest BCUT2D eigenvalue weighted by Gasteiger charge is 2.16. The fourth-order valence-corrected chi connectivity index (χ4v) is 3.53. The van der Waals surface area contributed by atoms with Crippen molar-refractivity contribution in [3.8, 4) is 22.8 Å². The number of aromatic nitrogens is 3. The minimum atomic E-state index is 0.286. The zero-order chi connectivity index (χ0) is 13.8. The van der Waals surface area contributed by atoms with Crippen molar-refractivity contribution in [2.24, 2.45) is 0 Å². The highest BCUT2D eigenvalue weighted by atomic mass is 32.1. The summed E-state index contributed by atoms with van der Waals surface area (Å²) in [6.07, 6.45) is 5.72. The Labute approximate surface area is 123 Å². The number of nitrogens with zero attached hydrogens (tertiary/aromatic N) is 3. The van der Waals surface area contributed by atoms with Crippen molar-refractivity contribution >= 4 is 26.5 Å². The fraction of sp³-hybridized carbons (Fsp3) is 0.0667. The van der Waals surface area contributed by atoms with Crippen LogP contribution in [0.3, 0.4) is 0 Å². The Bertz CT molecular complexity index is 989. The molecule has 5 nitrogen and oxygen atoms in total. The normalized spacial score (nSPS) is 13.3. The van der Waals surface area contributed by atoms with E-state index in [0.29, 0.717) is 0 Å². The lowest BCUT2D eigenvalue weighted by atomic mass is 10.1. The molecule has 1 aromatic carbocycles. The van der Waals surface area contributed by atoms with Crippen LogP contribution in [0.15, 0.2) is 42.9 Å². The van der Waals surface area contributed by atoms with Crippen molar-refractivity contribution in [3.63, 3.8) is 0 Å². The third-order valence-corrected chi connectivity index (χ3v) is 4.57. The molecule has 4 aromatic rings. The Kier molecular flexibility index (Phi) is 2.09. The van der Waals surface area contributed by atoms with Gasteiger partial charge in [0.1, 0.15) is 0 Å². The number of pyridine rings is 1. The molecule has 0 N–H and O–H groups in total. The van der Waals surface area contributed by atoms with Crippen LogP contribution in [0.25, 0.3) is 26.4 Å². The van der Waals surface area contributed by atoms with E-state index in [0.717, 1.165) is 37.9 Å². The minimum absolute atomic E-state index is 0.286. The molecule has 0 fully saturated rings. The molecule has 6 heteroatoms. The molecule has 5 rings (SSSR count). The maximum Gasteiger partial charge on any atom is 0.231 e. The van der Waals surface area contributed by atoms with Gasteiger partial charge < -0.3 is 9.47 Å². The number of hydrogen-bond donors (Lipinski definition) is 0. The van der Waals surface area contributed by atoms with Gasteiger partial charge in [-0.15, -0.1) is 0 Å². The number of fused-ring (bicyclic) bond motifs is 4. The summed E-state index contributed by atoms with van der Waals surface area (Å²) in [5, 5.41) is 0. The summed E-state index contributed by atoms with van der Waals surface area (Å²) in [7, 11) is 0. The Morgan fingerprint density at radius 2 is 2.10 bits per heavy atom. The Morgan fingerprint density at radius 1 is 1.14 bits per heavy atom. The van der Waals surface area contributed by atoms with Crippen LogP contribution in [0.2, 0.25) is 0 Å². The average Bonchev–Trinajstić information content (AvgIpc) is 3.19. The monoisotopic (exact) mass is 295 g/mol. The molecule has 0 radical (unpaired) electrons. The molecule has 0 unspecified atom stereocenters. The van der Waals surface area contributed by atoms with Crippen LogP contribution >= 0.6 is 11.3 Å². The molecule has 0 saturated heterocycles. The maximum absolute atomic E-state index is 5.42. The molecule has 0 saturated carbocycles. The van der Waals surface area contributed by atoms with E-state index in [-0.39, 0.29) is 6.79 Å². The Morgan fingerprint density at radius 3 is 3.10 bits per heavy atom. The van der Waals surface area contributed by atoms with Gasteiger partial charge in [0.05, 0.1) is 15.9 Å². The predicted octanol–water partition coefficient (Wildman–Crippen LogP) is 3.34. The van der Waals surface area contributed by atoms with Gasteiger partial charge in [0.25, 0.3) is 0 Å². The first-order valence-electron chi connectivity index (χ1n) is 6.50. The lowest BCUT2D eigenvalue weighted by Gasteiger charge is -1.99. The number of imidazole rings is 1. The lowest BCUT2D eigenvalue weighted by molar-refractivity contribution is 0.174. The number of ether oxygens (including phenoxy) is 2. The van der Waals surface area contributed by atoms with Gasteiger partial charge in [0.15, 0.2) is 16.5 Å². The molecule has 3 aromatic heterocycles. The summed E-state index contributed by atoms with van der Waals surface area (Å²) in [4.78, 5) is 9.81. The summed E-state index contributed by atoms with van der Waals surface area (Å²) in [6.45, 7) is 0.286. The SMILES string of the molecule is c1cc2c(cn1)sc1nc(-c3ccc4c(c3)OCO4)cn12. The highest BCUT2D eigenvalue weighted by molar-refractivity contribution is 7.23. The molecular formula is C15H9N3O2S. The van der Waals surface area contributed by atoms with Gasteiger partial charge in [-0.2, -0.15) is 0 Å². The Balaban J connectivity index is 1.70. The van der Waals surface area contributed by atoms with Gasteiger partial charge in [-0.25, -0.2) is 4.98 Å². The first-order valence-corrected chi connectivity index (χ1v) is 7.32. The van der Waals surface area contributed by atoms with Crippen LogP contribution < -0.4 is 9.47 Å². The smallest absolute Gasteiger partial charge is 0.231 e. The van der Waals surface area contributed by atoms with E-state index in [1.165, 1.54) is 0 Å². The van der Waals surface area contributed by atoms with Crippen molar-refractivity contribution in [2.75, 3.05) is 6.79 Å². The van der Waals surface area contributed by atoms with E-state index in [4.69, 9.17) is 14.5 Å². The lowest BCUT2D eigenvalue weighted by Crippen LogP contribution is -1.92. The van der Waals surface area contributed by atoms with Crippen LogP contribution in [0.4, 0.5) is 0 Å². The molecule has 1 aliphatic heterocycles. The van der Waals surface area contributed by atoms with E-state index in [1.807, 2.05) is 36.7 Å². The van der Waals surface area contributed by atoms with Gasteiger partial charge in [0.2, 0.25) is 6.79 Å². The minimum Gasteiger partial charge on any atom is -0.454 e. The molecule has 0 aliphatic carbocycles. The van der Waals surface area contributed by atoms with E-state index < -0.39 is 0 Å². The Hall–Kier alpha value is -2.60. The first kappa shape index (κ1) is 11.1. The van der Waals surface area contributed by atoms with E-state index in [2.05, 4.69) is 9.38 Å². The second-order valence-electron chi connectivity index (χ2n) is 4.79. The number of thiazole rings is 1. The molecular weight excluding hydrogens is 286 g/mol.